The molecule has 0 aromatic carbocycles. The van der Waals surface area contributed by atoms with E-state index in [2.05, 4.69) is 0 Å². The summed E-state index contributed by atoms with van der Waals surface area (Å²) in [6, 6.07) is 0. The molecule has 0 spiro atoms. The van der Waals surface area contributed by atoms with E-state index in [1.165, 1.54) is 10.8 Å². The van der Waals surface area contributed by atoms with Crippen molar-refractivity contribution in [2.75, 3.05) is 39.6 Å². The fourth-order valence-corrected chi connectivity index (χ4v) is 16.8. The standard InChI is InChI=1S/C87H117N2O54/c1-32-88(22)23-24-89(32)25-53-60-67(116-39(8)96)74(123-46(15)103)81(130-53)138-61-54(26-110-33(2)90)132-83(76(125-48(17)105)68(61)117-40(9)97)140-63-56(28-112-35(4)92)134-85(78(127-50(19)107)70(63)119-42(11)99)142-65-58(30-114-37(6)94)136-87(80(129-52(21)109)72(65)121-44(13)101)143-66-59(31-115-38(7)95)135-86(79(128-51(20)108)73(66)122-45(14)102)141-64-57(29-113-36(5)93)133-84(77(126-49(18)106)71(64)120-43(12)100)139-62-55(27-111-34(3)91)131-82(137-60)75(124-47(16)104)69(62)118-41(10)98/h23-24,53-87H,25-31H2,1-22H3/q+1. The lowest BCUT2D eigenvalue weighted by molar-refractivity contribution is -0.677. The molecule has 1 aromatic heterocycles. The van der Waals surface area contributed by atoms with E-state index in [4.69, 9.17) is 161 Å². The van der Waals surface area contributed by atoms with Crippen LogP contribution in [-0.4, -0.2) is 379 Å². The molecule has 0 amide bonds. The van der Waals surface area contributed by atoms with Crippen molar-refractivity contribution in [2.24, 2.45) is 7.05 Å². The third kappa shape index (κ3) is 31.8. The van der Waals surface area contributed by atoms with Gasteiger partial charge in [-0.25, -0.2) is 9.13 Å². The summed E-state index contributed by atoms with van der Waals surface area (Å²) in [7, 11) is 1.62. The van der Waals surface area contributed by atoms with Crippen LogP contribution in [0.3, 0.4) is 0 Å². The molecule has 21 fully saturated rings. The number of aromatic nitrogens is 2. The molecule has 0 radical (unpaired) electrons. The number of nitrogens with zero attached hydrogens (tertiary/aromatic N) is 2. The smallest absolute Gasteiger partial charge is 0.303 e. The van der Waals surface area contributed by atoms with Crippen LogP contribution in [0.1, 0.15) is 144 Å². The predicted octanol–water partition coefficient (Wildman–Crippen LogP) is -3.17. The summed E-state index contributed by atoms with van der Waals surface area (Å²) in [5, 5.41) is 0. The van der Waals surface area contributed by atoms with Gasteiger partial charge in [-0.2, -0.15) is 0 Å². The zero-order valence-electron chi connectivity index (χ0n) is 81.8. The zero-order chi connectivity index (χ0) is 106. The van der Waals surface area contributed by atoms with Crippen molar-refractivity contribution in [2.45, 2.75) is 367 Å². The molecular weight excluding hydrogens is 1940 g/mol. The van der Waals surface area contributed by atoms with Crippen molar-refractivity contribution >= 4 is 119 Å². The largest absolute Gasteiger partial charge is 0.463 e. The van der Waals surface area contributed by atoms with Crippen LogP contribution < -0.4 is 4.57 Å². The van der Waals surface area contributed by atoms with E-state index < -0.39 is 381 Å². The van der Waals surface area contributed by atoms with Crippen molar-refractivity contribution < 1.29 is 262 Å². The van der Waals surface area contributed by atoms with E-state index >= 15 is 0 Å². The number of aryl methyl sites for hydroxylation is 1. The van der Waals surface area contributed by atoms with Gasteiger partial charge in [-0.15, -0.1) is 0 Å². The Hall–Kier alpha value is -11.9. The SMILES string of the molecule is CC(=O)OCC1OC2OC3C(COC(C)=O)OC(OC4C(COC(C)=O)OC(OC5C(Cn6cc[n+](C)c6C)OC(OC6C(COC(C)=O)OC(OC7C(COC(C)=O)OC(OC8C(COC(C)=O)OC(OC1C(OC(C)=O)C2OC(C)=O)C(OC(C)=O)C8OC(C)=O)C(OC(C)=O)C7OC(C)=O)C(OC(C)=O)C6OC(C)=O)C(OC(C)=O)C5OC(C)=O)C(OC(C)=O)C4OC(C)=O)C(OC(C)=O)C3OC(C)=O. The Morgan fingerprint density at radius 1 is 0.210 bits per heavy atom. The van der Waals surface area contributed by atoms with Crippen LogP contribution in [0.4, 0.5) is 0 Å². The Labute approximate surface area is 814 Å². The first-order chi connectivity index (χ1) is 67.1. The van der Waals surface area contributed by atoms with Crippen LogP contribution in [0.25, 0.3) is 0 Å². The second-order valence-corrected chi connectivity index (χ2v) is 33.5. The van der Waals surface area contributed by atoms with Crippen LogP contribution in [0, 0.1) is 6.92 Å². The van der Waals surface area contributed by atoms with E-state index in [1.807, 2.05) is 0 Å². The summed E-state index contributed by atoms with van der Waals surface area (Å²) < 4.78 is 215. The summed E-state index contributed by atoms with van der Waals surface area (Å²) in [6.45, 7) is 11.5. The van der Waals surface area contributed by atoms with E-state index in [0.29, 0.717) is 5.82 Å². The maximum absolute atomic E-state index is 14.2. The number of rotatable bonds is 28. The van der Waals surface area contributed by atoms with Gasteiger partial charge >= 0.3 is 119 Å². The maximum atomic E-state index is 14.2. The van der Waals surface area contributed by atoms with Crippen LogP contribution in [0.5, 0.6) is 0 Å². The Morgan fingerprint density at radius 3 is 0.469 bits per heavy atom. The fourth-order valence-electron chi connectivity index (χ4n) is 16.8. The monoisotopic (exact) mass is 2050 g/mol. The molecule has 22 heterocycles. The molecule has 14 bridgehead atoms. The first kappa shape index (κ1) is 115. The lowest BCUT2D eigenvalue weighted by Crippen LogP contribution is -2.70. The number of hydrogen-bond donors (Lipinski definition) is 0. The van der Waals surface area contributed by atoms with Gasteiger partial charge in [0.05, 0.1) is 7.05 Å². The molecule has 0 saturated carbocycles. The first-order valence-corrected chi connectivity index (χ1v) is 44.5. The average Bonchev–Trinajstić information content (AvgIpc) is 1.64. The van der Waals surface area contributed by atoms with Crippen molar-refractivity contribution in [1.82, 2.24) is 4.57 Å². The topological polar surface area (TPSA) is 664 Å². The molecule has 21 aliphatic heterocycles. The second-order valence-electron chi connectivity index (χ2n) is 33.5. The molecule has 0 aliphatic carbocycles. The number of ether oxygens (including phenoxy) is 34. The molecular formula is C87H117N2O54+. The maximum Gasteiger partial charge on any atom is 0.303 e. The van der Waals surface area contributed by atoms with Gasteiger partial charge < -0.3 is 161 Å². The normalized spacial score (nSPS) is 34.2. The minimum absolute atomic E-state index is 0.396. The van der Waals surface area contributed by atoms with Gasteiger partial charge in [0.25, 0.3) is 5.82 Å². The number of hydrogen-bond acceptors (Lipinski definition) is 54. The van der Waals surface area contributed by atoms with Crippen molar-refractivity contribution in [3.8, 4) is 0 Å². The Morgan fingerprint density at radius 2 is 0.343 bits per heavy atom. The highest BCUT2D eigenvalue weighted by Gasteiger charge is 2.67. The summed E-state index contributed by atoms with van der Waals surface area (Å²) in [5.74, 6) is -24.1. The van der Waals surface area contributed by atoms with Crippen molar-refractivity contribution in [3.63, 3.8) is 0 Å². The van der Waals surface area contributed by atoms with E-state index in [1.54, 1.807) is 24.7 Å². The van der Waals surface area contributed by atoms with Gasteiger partial charge in [0.1, 0.15) is 144 Å². The molecule has 0 N–H and O–H groups in total. The lowest BCUT2D eigenvalue weighted by atomic mass is 9.94. The van der Waals surface area contributed by atoms with Crippen molar-refractivity contribution in [3.05, 3.63) is 18.2 Å². The van der Waals surface area contributed by atoms with Gasteiger partial charge in [-0.3, -0.25) is 95.9 Å². The fraction of sp³-hybridized carbons (Fsp3) is 0.736. The summed E-state index contributed by atoms with van der Waals surface area (Å²) >= 11 is 0. The first-order valence-electron chi connectivity index (χ1n) is 44.5. The molecule has 21 saturated heterocycles. The number of carbonyl (C=O) groups excluding carboxylic acids is 20. The number of carbonyl (C=O) groups is 20. The molecule has 56 heteroatoms. The molecule has 22 rings (SSSR count). The van der Waals surface area contributed by atoms with Gasteiger partial charge in [-0.05, 0) is 0 Å². The predicted molar refractivity (Wildman–Crippen MR) is 443 cm³/mol. The molecule has 56 nitrogen and oxygen atoms in total. The van der Waals surface area contributed by atoms with E-state index in [0.717, 1.165) is 138 Å². The second kappa shape index (κ2) is 51.5. The molecule has 35 unspecified atom stereocenters. The molecule has 21 aliphatic rings. The number of esters is 20. The number of imidazole rings is 1. The van der Waals surface area contributed by atoms with Crippen molar-refractivity contribution in [1.29, 1.82) is 0 Å². The Bertz CT molecular complexity index is 4630. The quantitative estimate of drug-likeness (QED) is 0.0454. The molecule has 35 atom stereocenters. The minimum Gasteiger partial charge on any atom is -0.463 e. The van der Waals surface area contributed by atoms with E-state index in [9.17, 15) is 95.9 Å². The summed E-state index contributed by atoms with van der Waals surface area (Å²) in [4.78, 5) is 276. The van der Waals surface area contributed by atoms with Crippen LogP contribution >= 0.6 is 0 Å². The highest BCUT2D eigenvalue weighted by Crippen LogP contribution is 2.45. The third-order valence-electron chi connectivity index (χ3n) is 21.9. The zero-order valence-corrected chi connectivity index (χ0v) is 81.8. The molecule has 143 heavy (non-hydrogen) atoms. The summed E-state index contributed by atoms with van der Waals surface area (Å²) in [6.07, 6.45) is -76.7. The van der Waals surface area contributed by atoms with Gasteiger partial charge in [-0.1, -0.05) is 0 Å². The van der Waals surface area contributed by atoms with Gasteiger partial charge in [0.15, 0.2) is 129 Å². The molecule has 798 valence electrons. The lowest BCUT2D eigenvalue weighted by Gasteiger charge is -2.52. The Balaban J connectivity index is 1.40. The van der Waals surface area contributed by atoms with Crippen LogP contribution in [-0.2, 0) is 271 Å². The molecule has 1 aromatic rings. The van der Waals surface area contributed by atoms with Crippen LogP contribution in [0.15, 0.2) is 12.4 Å². The van der Waals surface area contributed by atoms with Gasteiger partial charge in [0, 0.05) is 145 Å². The summed E-state index contributed by atoms with van der Waals surface area (Å²) in [5.41, 5.74) is 0. The Kier molecular flexibility index (Phi) is 41.3. The van der Waals surface area contributed by atoms with E-state index in [-0.39, 0.29) is 0 Å². The highest BCUT2D eigenvalue weighted by atomic mass is 16.8. The van der Waals surface area contributed by atoms with Gasteiger partial charge in [0.2, 0.25) is 0 Å². The third-order valence-corrected chi connectivity index (χ3v) is 21.9. The van der Waals surface area contributed by atoms with Crippen LogP contribution in [0.2, 0.25) is 0 Å². The highest BCUT2D eigenvalue weighted by molar-refractivity contribution is 5.73. The average molecular weight is 2050 g/mol. The minimum atomic E-state index is -2.46.